The van der Waals surface area contributed by atoms with Crippen LogP contribution in [0.15, 0.2) is 59.1 Å². The van der Waals surface area contributed by atoms with Crippen LogP contribution in [0.1, 0.15) is 24.8 Å². The molecule has 0 bridgehead atoms. The second kappa shape index (κ2) is 8.58. The summed E-state index contributed by atoms with van der Waals surface area (Å²) in [6, 6.07) is 12.9. The van der Waals surface area contributed by atoms with Crippen molar-refractivity contribution in [3.63, 3.8) is 0 Å². The summed E-state index contributed by atoms with van der Waals surface area (Å²) in [7, 11) is 0. The highest BCUT2D eigenvalue weighted by Crippen LogP contribution is 2.20. The number of hydrogen-bond acceptors (Lipinski definition) is 3. The quantitative estimate of drug-likeness (QED) is 0.675. The van der Waals surface area contributed by atoms with Gasteiger partial charge in [0.15, 0.2) is 11.7 Å². The van der Waals surface area contributed by atoms with E-state index in [4.69, 9.17) is 4.42 Å². The highest BCUT2D eigenvalue weighted by atomic mass is 19.1. The maximum absolute atomic E-state index is 13.7. The zero-order valence-electron chi connectivity index (χ0n) is 14.9. The Kier molecular flexibility index (Phi) is 5.96. The highest BCUT2D eigenvalue weighted by molar-refractivity contribution is 5.76. The minimum atomic E-state index is -0.607. The molecular weight excluding hydrogens is 350 g/mol. The zero-order chi connectivity index (χ0) is 19.2. The summed E-state index contributed by atoms with van der Waals surface area (Å²) in [5, 5.41) is 2.75. The molecule has 1 heterocycles. The van der Waals surface area contributed by atoms with Crippen molar-refractivity contribution in [2.45, 2.75) is 32.2 Å². The lowest BCUT2D eigenvalue weighted by atomic mass is 10.1. The van der Waals surface area contributed by atoms with Gasteiger partial charge in [0.05, 0.1) is 6.20 Å². The molecule has 0 fully saturated rings. The molecule has 0 saturated carbocycles. The molecule has 3 rings (SSSR count). The van der Waals surface area contributed by atoms with Crippen LogP contribution in [0.2, 0.25) is 0 Å². The van der Waals surface area contributed by atoms with Crippen LogP contribution in [-0.4, -0.2) is 16.9 Å². The van der Waals surface area contributed by atoms with Gasteiger partial charge >= 0.3 is 0 Å². The fourth-order valence-electron chi connectivity index (χ4n) is 2.81. The number of hydrogen-bond donors (Lipinski definition) is 1. The number of nitrogens with one attached hydrogen (secondary N) is 1. The molecular formula is C21H20F2N2O2. The summed E-state index contributed by atoms with van der Waals surface area (Å²) >= 11 is 0. The molecule has 0 aliphatic rings. The highest BCUT2D eigenvalue weighted by Gasteiger charge is 2.15. The van der Waals surface area contributed by atoms with Crippen molar-refractivity contribution < 1.29 is 18.0 Å². The third kappa shape index (κ3) is 5.00. The number of nitrogens with zero attached hydrogens (tertiary/aromatic N) is 1. The summed E-state index contributed by atoms with van der Waals surface area (Å²) in [5.74, 6) is -0.321. The minimum Gasteiger partial charge on any atom is -0.441 e. The Morgan fingerprint density at radius 2 is 1.81 bits per heavy atom. The monoisotopic (exact) mass is 370 g/mol. The molecule has 1 unspecified atom stereocenters. The second-order valence-electron chi connectivity index (χ2n) is 6.36. The minimum absolute atomic E-state index is 0.0227. The number of rotatable bonds is 7. The van der Waals surface area contributed by atoms with Crippen molar-refractivity contribution in [1.82, 2.24) is 10.3 Å². The number of aryl methyl sites for hydroxylation is 1. The first-order valence-electron chi connectivity index (χ1n) is 8.75. The van der Waals surface area contributed by atoms with E-state index in [9.17, 15) is 13.6 Å². The molecule has 1 amide bonds. The lowest BCUT2D eigenvalue weighted by molar-refractivity contribution is -0.121. The van der Waals surface area contributed by atoms with Gasteiger partial charge in [-0.15, -0.1) is 0 Å². The molecule has 2 aromatic carbocycles. The molecule has 140 valence electrons. The number of carbonyl (C=O) groups excluding carboxylic acids is 1. The molecule has 27 heavy (non-hydrogen) atoms. The molecule has 0 radical (unpaired) electrons. The maximum atomic E-state index is 13.7. The van der Waals surface area contributed by atoms with Crippen molar-refractivity contribution in [2.24, 2.45) is 0 Å². The van der Waals surface area contributed by atoms with Crippen molar-refractivity contribution in [1.29, 1.82) is 0 Å². The van der Waals surface area contributed by atoms with Crippen LogP contribution in [0.3, 0.4) is 0 Å². The number of carbonyl (C=O) groups is 1. The van der Waals surface area contributed by atoms with E-state index in [1.54, 1.807) is 13.1 Å². The van der Waals surface area contributed by atoms with Crippen LogP contribution in [0.4, 0.5) is 8.78 Å². The lowest BCUT2D eigenvalue weighted by Crippen LogP contribution is -2.34. The van der Waals surface area contributed by atoms with Crippen molar-refractivity contribution in [2.75, 3.05) is 0 Å². The van der Waals surface area contributed by atoms with E-state index in [0.717, 1.165) is 5.56 Å². The predicted octanol–water partition coefficient (Wildman–Crippen LogP) is 4.30. The van der Waals surface area contributed by atoms with E-state index in [2.05, 4.69) is 10.3 Å². The van der Waals surface area contributed by atoms with Crippen molar-refractivity contribution in [3.8, 4) is 11.3 Å². The normalized spacial score (nSPS) is 12.0. The largest absolute Gasteiger partial charge is 0.441 e. The number of halogens is 2. The van der Waals surface area contributed by atoms with Gasteiger partial charge < -0.3 is 9.73 Å². The molecule has 1 atom stereocenters. The first-order chi connectivity index (χ1) is 13.0. The zero-order valence-corrected chi connectivity index (χ0v) is 14.9. The molecule has 0 saturated heterocycles. The Labute approximate surface area is 156 Å². The molecule has 0 aliphatic heterocycles. The SMILES string of the molecule is CC(Cc1c(F)cccc1F)NC(=O)CCc1ncc(-c2ccccc2)o1. The van der Waals surface area contributed by atoms with Crippen molar-refractivity contribution >= 4 is 5.91 Å². The third-order valence-electron chi connectivity index (χ3n) is 4.16. The molecule has 0 aliphatic carbocycles. The van der Waals surface area contributed by atoms with Gasteiger partial charge in [-0.2, -0.15) is 0 Å². The van der Waals surface area contributed by atoms with Crippen LogP contribution in [0.25, 0.3) is 11.3 Å². The number of aromatic nitrogens is 1. The third-order valence-corrected chi connectivity index (χ3v) is 4.16. The van der Waals surface area contributed by atoms with E-state index < -0.39 is 17.7 Å². The smallest absolute Gasteiger partial charge is 0.220 e. The van der Waals surface area contributed by atoms with Gasteiger partial charge in [-0.3, -0.25) is 4.79 Å². The Morgan fingerprint density at radius 3 is 2.52 bits per heavy atom. The lowest BCUT2D eigenvalue weighted by Gasteiger charge is -2.14. The molecule has 1 N–H and O–H groups in total. The Balaban J connectivity index is 1.50. The fourth-order valence-corrected chi connectivity index (χ4v) is 2.81. The summed E-state index contributed by atoms with van der Waals surface area (Å²) in [4.78, 5) is 16.3. The van der Waals surface area contributed by atoms with E-state index in [1.165, 1.54) is 18.2 Å². The average molecular weight is 370 g/mol. The topological polar surface area (TPSA) is 55.1 Å². The molecule has 0 spiro atoms. The standard InChI is InChI=1S/C21H20F2N2O2/c1-14(12-16-17(22)8-5-9-18(16)23)25-20(26)10-11-21-24-13-19(27-21)15-6-3-2-4-7-15/h2-9,13-14H,10-12H2,1H3,(H,25,26). The molecule has 6 heteroatoms. The van der Waals surface area contributed by atoms with Crippen LogP contribution in [0, 0.1) is 11.6 Å². The van der Waals surface area contributed by atoms with Crippen LogP contribution >= 0.6 is 0 Å². The summed E-state index contributed by atoms with van der Waals surface area (Å²) in [6.07, 6.45) is 2.24. The van der Waals surface area contributed by atoms with Gasteiger partial charge in [-0.25, -0.2) is 13.8 Å². The molecule has 3 aromatic rings. The van der Waals surface area contributed by atoms with Crippen LogP contribution in [-0.2, 0) is 17.6 Å². The average Bonchev–Trinajstić information content (AvgIpc) is 3.13. The number of benzene rings is 2. The van der Waals surface area contributed by atoms with Crippen molar-refractivity contribution in [3.05, 3.63) is 77.8 Å². The first-order valence-corrected chi connectivity index (χ1v) is 8.75. The number of oxazole rings is 1. The van der Waals surface area contributed by atoms with E-state index >= 15 is 0 Å². The fraction of sp³-hybridized carbons (Fsp3) is 0.238. The van der Waals surface area contributed by atoms with Crippen LogP contribution in [0.5, 0.6) is 0 Å². The van der Waals surface area contributed by atoms with E-state index in [0.29, 0.717) is 18.1 Å². The Hall–Kier alpha value is -3.02. The Morgan fingerprint density at radius 1 is 1.11 bits per heavy atom. The van der Waals surface area contributed by atoms with Gasteiger partial charge in [0.2, 0.25) is 5.91 Å². The Bertz CT molecular complexity index is 889. The second-order valence-corrected chi connectivity index (χ2v) is 6.36. The van der Waals surface area contributed by atoms with Gasteiger partial charge in [-0.05, 0) is 25.5 Å². The molecule has 1 aromatic heterocycles. The van der Waals surface area contributed by atoms with Gasteiger partial charge in [0, 0.05) is 30.0 Å². The van der Waals surface area contributed by atoms with Gasteiger partial charge in [0.1, 0.15) is 11.6 Å². The summed E-state index contributed by atoms with van der Waals surface area (Å²) in [5.41, 5.74) is 0.895. The van der Waals surface area contributed by atoms with Gasteiger partial charge in [0.25, 0.3) is 0 Å². The summed E-state index contributed by atoms with van der Waals surface area (Å²) < 4.78 is 33.0. The first kappa shape index (κ1) is 18.8. The maximum Gasteiger partial charge on any atom is 0.220 e. The van der Waals surface area contributed by atoms with E-state index in [1.807, 2.05) is 30.3 Å². The summed E-state index contributed by atoms with van der Waals surface area (Å²) in [6.45, 7) is 1.71. The molecule has 4 nitrogen and oxygen atoms in total. The van der Waals surface area contributed by atoms with Crippen LogP contribution < -0.4 is 5.32 Å². The predicted molar refractivity (Wildman–Crippen MR) is 97.9 cm³/mol. The van der Waals surface area contributed by atoms with E-state index in [-0.39, 0.29) is 24.3 Å². The number of amides is 1. The van der Waals surface area contributed by atoms with Gasteiger partial charge in [-0.1, -0.05) is 36.4 Å².